The van der Waals surface area contributed by atoms with Gasteiger partial charge in [0.25, 0.3) is 0 Å². The molecule has 5 heteroatoms. The number of benzene rings is 1. The summed E-state index contributed by atoms with van der Waals surface area (Å²) in [4.78, 5) is 1.54. The van der Waals surface area contributed by atoms with Crippen LogP contribution in [-0.2, 0) is 0 Å². The van der Waals surface area contributed by atoms with Crippen molar-refractivity contribution in [2.45, 2.75) is 44.4 Å². The normalized spacial score (nSPS) is 21.5. The topological polar surface area (TPSA) is 15.3 Å². The molecule has 0 saturated carbocycles. The molecule has 1 saturated heterocycles. The monoisotopic (exact) mass is 300 g/mol. The van der Waals surface area contributed by atoms with E-state index in [0.29, 0.717) is 18.7 Å². The van der Waals surface area contributed by atoms with Crippen LogP contribution < -0.4 is 5.32 Å². The van der Waals surface area contributed by atoms with Crippen molar-refractivity contribution in [2.75, 3.05) is 19.6 Å². The van der Waals surface area contributed by atoms with E-state index in [1.165, 1.54) is 0 Å². The van der Waals surface area contributed by atoms with Crippen LogP contribution >= 0.6 is 0 Å². The van der Waals surface area contributed by atoms with E-state index in [-0.39, 0.29) is 6.04 Å². The molecule has 1 fully saturated rings. The number of alkyl halides is 3. The third-order valence-corrected chi connectivity index (χ3v) is 4.06. The quantitative estimate of drug-likeness (QED) is 0.891. The fraction of sp³-hybridized carbons (Fsp3) is 0.625. The number of halogens is 3. The number of hydrogen-bond acceptors (Lipinski definition) is 2. The maximum atomic E-state index is 13.5. The Balaban J connectivity index is 2.17. The van der Waals surface area contributed by atoms with Crippen LogP contribution in [0.4, 0.5) is 13.2 Å². The van der Waals surface area contributed by atoms with E-state index < -0.39 is 12.2 Å². The Morgan fingerprint density at radius 2 is 1.95 bits per heavy atom. The third kappa shape index (κ3) is 4.45. The van der Waals surface area contributed by atoms with Crippen LogP contribution in [0.25, 0.3) is 0 Å². The molecule has 1 heterocycles. The van der Waals surface area contributed by atoms with Crippen molar-refractivity contribution < 1.29 is 13.2 Å². The lowest BCUT2D eigenvalue weighted by molar-refractivity contribution is -0.187. The first-order valence-corrected chi connectivity index (χ1v) is 7.61. The van der Waals surface area contributed by atoms with Gasteiger partial charge in [0.1, 0.15) is 6.04 Å². The van der Waals surface area contributed by atoms with Gasteiger partial charge in [-0.05, 0) is 31.5 Å². The lowest BCUT2D eigenvalue weighted by atomic mass is 10.0. The van der Waals surface area contributed by atoms with Gasteiger partial charge in [-0.3, -0.25) is 4.90 Å². The summed E-state index contributed by atoms with van der Waals surface area (Å²) in [5, 5.41) is 3.33. The predicted octanol–water partition coefficient (Wildman–Crippen LogP) is 3.75. The number of hydrogen-bond donors (Lipinski definition) is 1. The zero-order valence-corrected chi connectivity index (χ0v) is 12.4. The molecule has 0 aliphatic carbocycles. The van der Waals surface area contributed by atoms with Crippen LogP contribution in [0.15, 0.2) is 30.3 Å². The average molecular weight is 300 g/mol. The van der Waals surface area contributed by atoms with E-state index in [1.807, 2.05) is 0 Å². The van der Waals surface area contributed by atoms with Gasteiger partial charge in [0, 0.05) is 12.6 Å². The second-order valence-corrected chi connectivity index (χ2v) is 5.59. The van der Waals surface area contributed by atoms with Crippen molar-refractivity contribution in [1.82, 2.24) is 10.2 Å². The Kier molecular flexibility index (Phi) is 5.65. The summed E-state index contributed by atoms with van der Waals surface area (Å²) in [6, 6.07) is 6.85. The van der Waals surface area contributed by atoms with Crippen LogP contribution in [0.3, 0.4) is 0 Å². The highest BCUT2D eigenvalue weighted by atomic mass is 19.4. The Hall–Kier alpha value is -1.07. The van der Waals surface area contributed by atoms with Gasteiger partial charge in [-0.1, -0.05) is 43.7 Å². The second kappa shape index (κ2) is 7.27. The second-order valence-electron chi connectivity index (χ2n) is 5.59. The van der Waals surface area contributed by atoms with Crippen molar-refractivity contribution >= 4 is 0 Å². The van der Waals surface area contributed by atoms with E-state index >= 15 is 0 Å². The van der Waals surface area contributed by atoms with E-state index in [1.54, 1.807) is 42.2 Å². The molecule has 0 spiro atoms. The SMILES string of the molecule is CCN(CC1CCCCN1)C(c1ccccc1)C(F)(F)F. The molecule has 118 valence electrons. The number of rotatable bonds is 5. The lowest BCUT2D eigenvalue weighted by Gasteiger charge is -2.36. The summed E-state index contributed by atoms with van der Waals surface area (Å²) in [5.74, 6) is 0. The molecule has 1 aromatic carbocycles. The minimum atomic E-state index is -4.26. The van der Waals surface area contributed by atoms with E-state index in [9.17, 15) is 13.2 Å². The molecule has 2 atom stereocenters. The number of nitrogens with zero attached hydrogens (tertiary/aromatic N) is 1. The highest BCUT2D eigenvalue weighted by molar-refractivity contribution is 5.20. The number of piperidine rings is 1. The van der Waals surface area contributed by atoms with Gasteiger partial charge >= 0.3 is 6.18 Å². The molecular formula is C16H23F3N2. The van der Waals surface area contributed by atoms with Crippen LogP contribution in [0.1, 0.15) is 37.8 Å². The summed E-state index contributed by atoms with van der Waals surface area (Å²) >= 11 is 0. The maximum Gasteiger partial charge on any atom is 0.408 e. The number of nitrogens with one attached hydrogen (secondary N) is 1. The number of likely N-dealkylation sites (N-methyl/N-ethyl adjacent to an activating group) is 1. The summed E-state index contributed by atoms with van der Waals surface area (Å²) < 4.78 is 40.6. The van der Waals surface area contributed by atoms with E-state index in [0.717, 1.165) is 25.8 Å². The molecule has 0 radical (unpaired) electrons. The van der Waals surface area contributed by atoms with Gasteiger partial charge < -0.3 is 5.32 Å². The zero-order valence-electron chi connectivity index (χ0n) is 12.4. The fourth-order valence-corrected chi connectivity index (χ4v) is 3.02. The molecular weight excluding hydrogens is 277 g/mol. The molecule has 1 aliphatic heterocycles. The van der Waals surface area contributed by atoms with Gasteiger partial charge in [0.2, 0.25) is 0 Å². The van der Waals surface area contributed by atoms with Crippen molar-refractivity contribution in [3.63, 3.8) is 0 Å². The standard InChI is InChI=1S/C16H23F3N2/c1-2-21(12-14-10-6-7-11-20-14)15(16(17,18)19)13-8-4-3-5-9-13/h3-5,8-9,14-15,20H,2,6-7,10-12H2,1H3. The molecule has 0 amide bonds. The highest BCUT2D eigenvalue weighted by Crippen LogP contribution is 2.37. The molecule has 2 rings (SSSR count). The lowest BCUT2D eigenvalue weighted by Crippen LogP contribution is -2.47. The van der Waals surface area contributed by atoms with Gasteiger partial charge in [-0.2, -0.15) is 13.2 Å². The van der Waals surface area contributed by atoms with E-state index in [2.05, 4.69) is 5.32 Å². The van der Waals surface area contributed by atoms with Gasteiger partial charge in [-0.15, -0.1) is 0 Å². The van der Waals surface area contributed by atoms with Gasteiger partial charge in [0.05, 0.1) is 0 Å². The predicted molar refractivity (Wildman–Crippen MR) is 78.1 cm³/mol. The summed E-state index contributed by atoms with van der Waals surface area (Å²) in [6.07, 6.45) is -1.09. The maximum absolute atomic E-state index is 13.5. The highest BCUT2D eigenvalue weighted by Gasteiger charge is 2.44. The van der Waals surface area contributed by atoms with E-state index in [4.69, 9.17) is 0 Å². The molecule has 1 N–H and O–H groups in total. The van der Waals surface area contributed by atoms with Crippen LogP contribution in [-0.4, -0.2) is 36.8 Å². The molecule has 2 unspecified atom stereocenters. The van der Waals surface area contributed by atoms with Crippen LogP contribution in [0.5, 0.6) is 0 Å². The average Bonchev–Trinajstić information content (AvgIpc) is 2.47. The minimum absolute atomic E-state index is 0.160. The van der Waals surface area contributed by atoms with Crippen molar-refractivity contribution in [2.24, 2.45) is 0 Å². The van der Waals surface area contributed by atoms with Crippen molar-refractivity contribution in [1.29, 1.82) is 0 Å². The van der Waals surface area contributed by atoms with Gasteiger partial charge in [-0.25, -0.2) is 0 Å². The molecule has 0 bridgehead atoms. The minimum Gasteiger partial charge on any atom is -0.313 e. The molecule has 1 aliphatic rings. The van der Waals surface area contributed by atoms with Gasteiger partial charge in [0.15, 0.2) is 0 Å². The smallest absolute Gasteiger partial charge is 0.313 e. The summed E-state index contributed by atoms with van der Waals surface area (Å²) in [6.45, 7) is 3.53. The third-order valence-electron chi connectivity index (χ3n) is 4.06. The van der Waals surface area contributed by atoms with Crippen LogP contribution in [0.2, 0.25) is 0 Å². The largest absolute Gasteiger partial charge is 0.408 e. The first kappa shape index (κ1) is 16.3. The Bertz CT molecular complexity index is 413. The van der Waals surface area contributed by atoms with Crippen molar-refractivity contribution in [3.05, 3.63) is 35.9 Å². The molecule has 2 nitrogen and oxygen atoms in total. The molecule has 1 aromatic rings. The Morgan fingerprint density at radius 3 is 2.48 bits per heavy atom. The first-order chi connectivity index (χ1) is 10.0. The summed E-state index contributed by atoms with van der Waals surface area (Å²) in [7, 11) is 0. The zero-order chi connectivity index (χ0) is 15.3. The molecule has 0 aromatic heterocycles. The summed E-state index contributed by atoms with van der Waals surface area (Å²) in [5.41, 5.74) is 0.322. The Morgan fingerprint density at radius 1 is 1.24 bits per heavy atom. The molecule has 21 heavy (non-hydrogen) atoms. The van der Waals surface area contributed by atoms with Crippen molar-refractivity contribution in [3.8, 4) is 0 Å². The fourth-order valence-electron chi connectivity index (χ4n) is 3.02. The van der Waals surface area contributed by atoms with Crippen LogP contribution in [0, 0.1) is 0 Å². The first-order valence-electron chi connectivity index (χ1n) is 7.61. The Labute approximate surface area is 124 Å².